The fourth-order valence-corrected chi connectivity index (χ4v) is 4.12. The number of hydrogen-bond donors (Lipinski definition) is 1. The Labute approximate surface area is 129 Å². The third-order valence-electron chi connectivity index (χ3n) is 5.41. The van der Waals surface area contributed by atoms with Gasteiger partial charge >= 0.3 is 0 Å². The van der Waals surface area contributed by atoms with Crippen LogP contribution in [0.3, 0.4) is 0 Å². The molecule has 0 spiro atoms. The van der Waals surface area contributed by atoms with E-state index in [9.17, 15) is 0 Å². The third kappa shape index (κ3) is 3.26. The van der Waals surface area contributed by atoms with Gasteiger partial charge in [0, 0.05) is 12.5 Å². The van der Waals surface area contributed by atoms with Crippen LogP contribution < -0.4 is 10.1 Å². The Morgan fingerprint density at radius 1 is 1.29 bits per heavy atom. The van der Waals surface area contributed by atoms with E-state index in [2.05, 4.69) is 44.3 Å². The summed E-state index contributed by atoms with van der Waals surface area (Å²) in [6.45, 7) is 8.00. The van der Waals surface area contributed by atoms with Crippen molar-refractivity contribution < 1.29 is 4.74 Å². The van der Waals surface area contributed by atoms with E-state index >= 15 is 0 Å². The summed E-state index contributed by atoms with van der Waals surface area (Å²) in [5.41, 5.74) is 2.75. The predicted octanol–water partition coefficient (Wildman–Crippen LogP) is 4.10. The van der Waals surface area contributed by atoms with Crippen LogP contribution in [0, 0.1) is 18.8 Å². The Morgan fingerprint density at radius 2 is 2.14 bits per heavy atom. The quantitative estimate of drug-likeness (QED) is 0.880. The molecule has 1 aromatic rings. The minimum Gasteiger partial charge on any atom is -0.490 e. The second-order valence-electron chi connectivity index (χ2n) is 7.05. The molecular weight excluding hydrogens is 258 g/mol. The van der Waals surface area contributed by atoms with E-state index in [1.54, 1.807) is 0 Å². The summed E-state index contributed by atoms with van der Waals surface area (Å²) in [6.07, 6.45) is 6.66. The average molecular weight is 287 g/mol. The lowest BCUT2D eigenvalue weighted by Gasteiger charge is -2.23. The maximum atomic E-state index is 6.17. The van der Waals surface area contributed by atoms with Crippen LogP contribution >= 0.6 is 0 Å². The molecular formula is C19H29NO. The molecule has 0 aromatic heterocycles. The van der Waals surface area contributed by atoms with Crippen LogP contribution in [0.25, 0.3) is 0 Å². The van der Waals surface area contributed by atoms with Crippen molar-refractivity contribution >= 4 is 0 Å². The van der Waals surface area contributed by atoms with Gasteiger partial charge in [0.05, 0.1) is 0 Å². The highest BCUT2D eigenvalue weighted by atomic mass is 16.5. The van der Waals surface area contributed by atoms with Gasteiger partial charge in [-0.05, 0) is 62.6 Å². The van der Waals surface area contributed by atoms with Crippen molar-refractivity contribution in [2.75, 3.05) is 6.54 Å². The largest absolute Gasteiger partial charge is 0.490 e. The first-order valence-corrected chi connectivity index (χ1v) is 8.67. The number of aryl methyl sites for hydroxylation is 1. The van der Waals surface area contributed by atoms with E-state index in [0.29, 0.717) is 6.10 Å². The van der Waals surface area contributed by atoms with Gasteiger partial charge in [0.1, 0.15) is 11.9 Å². The standard InChI is InChI=1S/C19H29NO/c1-4-9-20-18-7-6-15(14(18)3)11-17-12-16-10-13(2)5-8-19(16)21-17/h5,8,10,14-15,17-18,20H,4,6-7,9,11-12H2,1-3H3. The van der Waals surface area contributed by atoms with Gasteiger partial charge in [0.15, 0.2) is 0 Å². The van der Waals surface area contributed by atoms with E-state index in [4.69, 9.17) is 4.74 Å². The molecule has 0 bridgehead atoms. The normalized spacial score (nSPS) is 31.2. The zero-order valence-electron chi connectivity index (χ0n) is 13.7. The summed E-state index contributed by atoms with van der Waals surface area (Å²) < 4.78 is 6.17. The third-order valence-corrected chi connectivity index (χ3v) is 5.41. The Bertz CT molecular complexity index is 484. The maximum Gasteiger partial charge on any atom is 0.123 e. The number of ether oxygens (including phenoxy) is 1. The van der Waals surface area contributed by atoms with Gasteiger partial charge in [-0.2, -0.15) is 0 Å². The molecule has 4 unspecified atom stereocenters. The fraction of sp³-hybridized carbons (Fsp3) is 0.684. The van der Waals surface area contributed by atoms with Crippen molar-refractivity contribution in [1.82, 2.24) is 5.32 Å². The SMILES string of the molecule is CCCNC1CCC(CC2Cc3cc(C)ccc3O2)C1C. The Kier molecular flexibility index (Phi) is 4.54. The van der Waals surface area contributed by atoms with Gasteiger partial charge in [-0.3, -0.25) is 0 Å². The Hall–Kier alpha value is -1.02. The number of hydrogen-bond acceptors (Lipinski definition) is 2. The van der Waals surface area contributed by atoms with Gasteiger partial charge in [-0.25, -0.2) is 0 Å². The lowest BCUT2D eigenvalue weighted by atomic mass is 9.89. The molecule has 1 heterocycles. The van der Waals surface area contributed by atoms with Gasteiger partial charge in [0.25, 0.3) is 0 Å². The van der Waals surface area contributed by atoms with Crippen molar-refractivity contribution in [2.24, 2.45) is 11.8 Å². The molecule has 2 aliphatic rings. The highest BCUT2D eigenvalue weighted by Crippen LogP contribution is 2.39. The molecule has 4 atom stereocenters. The number of rotatable bonds is 5. The summed E-state index contributed by atoms with van der Waals surface area (Å²) in [5.74, 6) is 2.72. The molecule has 0 radical (unpaired) electrons. The molecule has 1 N–H and O–H groups in total. The van der Waals surface area contributed by atoms with Crippen LogP contribution in [0.4, 0.5) is 0 Å². The smallest absolute Gasteiger partial charge is 0.123 e. The molecule has 1 saturated carbocycles. The highest BCUT2D eigenvalue weighted by Gasteiger charge is 2.35. The molecule has 1 aliphatic carbocycles. The van der Waals surface area contributed by atoms with E-state index in [1.165, 1.54) is 36.8 Å². The molecule has 0 amide bonds. The van der Waals surface area contributed by atoms with E-state index in [0.717, 1.165) is 36.6 Å². The van der Waals surface area contributed by atoms with Crippen LogP contribution in [-0.4, -0.2) is 18.7 Å². The number of fused-ring (bicyclic) bond motifs is 1. The first-order chi connectivity index (χ1) is 10.2. The van der Waals surface area contributed by atoms with Gasteiger partial charge in [-0.1, -0.05) is 31.5 Å². The van der Waals surface area contributed by atoms with E-state index in [-0.39, 0.29) is 0 Å². The number of nitrogens with one attached hydrogen (secondary N) is 1. The summed E-state index contributed by atoms with van der Waals surface area (Å²) in [5, 5.41) is 3.72. The first-order valence-electron chi connectivity index (χ1n) is 8.67. The molecule has 1 aromatic carbocycles. The van der Waals surface area contributed by atoms with Gasteiger partial charge in [0.2, 0.25) is 0 Å². The fourth-order valence-electron chi connectivity index (χ4n) is 4.12. The predicted molar refractivity (Wildman–Crippen MR) is 87.9 cm³/mol. The van der Waals surface area contributed by atoms with Gasteiger partial charge in [-0.15, -0.1) is 0 Å². The second-order valence-corrected chi connectivity index (χ2v) is 7.05. The summed E-state index contributed by atoms with van der Waals surface area (Å²) in [6, 6.07) is 7.32. The molecule has 1 fully saturated rings. The molecule has 0 saturated heterocycles. The zero-order valence-corrected chi connectivity index (χ0v) is 13.7. The second kappa shape index (κ2) is 6.39. The van der Waals surface area contributed by atoms with E-state index < -0.39 is 0 Å². The van der Waals surface area contributed by atoms with Crippen LogP contribution in [0.1, 0.15) is 50.7 Å². The minimum absolute atomic E-state index is 0.402. The summed E-state index contributed by atoms with van der Waals surface area (Å²) in [4.78, 5) is 0. The monoisotopic (exact) mass is 287 g/mol. The van der Waals surface area contributed by atoms with Gasteiger partial charge < -0.3 is 10.1 Å². The van der Waals surface area contributed by atoms with Crippen LogP contribution in [0.2, 0.25) is 0 Å². The van der Waals surface area contributed by atoms with Crippen molar-refractivity contribution in [3.8, 4) is 5.75 Å². The highest BCUT2D eigenvalue weighted by molar-refractivity contribution is 5.40. The topological polar surface area (TPSA) is 21.3 Å². The molecule has 21 heavy (non-hydrogen) atoms. The first kappa shape index (κ1) is 14.9. The van der Waals surface area contributed by atoms with Crippen molar-refractivity contribution in [3.05, 3.63) is 29.3 Å². The van der Waals surface area contributed by atoms with Crippen molar-refractivity contribution in [3.63, 3.8) is 0 Å². The summed E-state index contributed by atoms with van der Waals surface area (Å²) in [7, 11) is 0. The molecule has 3 rings (SSSR count). The average Bonchev–Trinajstić information content (AvgIpc) is 3.01. The lowest BCUT2D eigenvalue weighted by Crippen LogP contribution is -2.34. The van der Waals surface area contributed by atoms with Crippen LogP contribution in [0.5, 0.6) is 5.75 Å². The zero-order chi connectivity index (χ0) is 14.8. The number of benzene rings is 1. The van der Waals surface area contributed by atoms with Crippen LogP contribution in [0.15, 0.2) is 18.2 Å². The van der Waals surface area contributed by atoms with E-state index in [1.807, 2.05) is 0 Å². The maximum absolute atomic E-state index is 6.17. The summed E-state index contributed by atoms with van der Waals surface area (Å²) >= 11 is 0. The lowest BCUT2D eigenvalue weighted by molar-refractivity contribution is 0.177. The molecule has 1 aliphatic heterocycles. The molecule has 2 nitrogen and oxygen atoms in total. The van der Waals surface area contributed by atoms with Crippen molar-refractivity contribution in [1.29, 1.82) is 0 Å². The van der Waals surface area contributed by atoms with Crippen molar-refractivity contribution in [2.45, 2.75) is 65.0 Å². The Balaban J connectivity index is 1.55. The molecule has 2 heteroatoms. The minimum atomic E-state index is 0.402. The van der Waals surface area contributed by atoms with Crippen LogP contribution in [-0.2, 0) is 6.42 Å². The Morgan fingerprint density at radius 3 is 2.95 bits per heavy atom. The molecule has 116 valence electrons.